The number of hydrogen-bond acceptors (Lipinski definition) is 2. The first-order valence-corrected chi connectivity index (χ1v) is 6.17. The highest BCUT2D eigenvalue weighted by Gasteiger charge is 2.23. The topological polar surface area (TPSA) is 88.0 Å². The third-order valence-corrected chi connectivity index (χ3v) is 3.10. The van der Waals surface area contributed by atoms with Crippen molar-refractivity contribution in [2.24, 2.45) is 11.7 Å². The lowest BCUT2D eigenvalue weighted by molar-refractivity contribution is -0.120. The van der Waals surface area contributed by atoms with Crippen LogP contribution >= 0.6 is 0 Å². The quantitative estimate of drug-likeness (QED) is 0.775. The summed E-state index contributed by atoms with van der Waals surface area (Å²) in [6.07, 6.45) is 1.77. The number of hydrogen-bond donors (Lipinski definition) is 3. The van der Waals surface area contributed by atoms with E-state index in [2.05, 4.69) is 10.3 Å². The Morgan fingerprint density at radius 2 is 2.00 bits per heavy atom. The molecule has 4 N–H and O–H groups in total. The Hall–Kier alpha value is -2.30. The van der Waals surface area contributed by atoms with Crippen molar-refractivity contribution in [3.63, 3.8) is 0 Å². The Bertz CT molecular complexity index is 616. The summed E-state index contributed by atoms with van der Waals surface area (Å²) in [6, 6.07) is 6.58. The van der Waals surface area contributed by atoms with Crippen molar-refractivity contribution in [1.29, 1.82) is 0 Å². The van der Waals surface area contributed by atoms with E-state index >= 15 is 0 Å². The molecule has 1 aromatic carbocycles. The molecule has 0 aliphatic rings. The Labute approximate surface area is 111 Å². The lowest BCUT2D eigenvalue weighted by Gasteiger charge is -2.19. The van der Waals surface area contributed by atoms with Crippen LogP contribution in [0.15, 0.2) is 30.5 Å². The zero-order chi connectivity index (χ0) is 14.0. The number of fused-ring (bicyclic) bond motifs is 1. The van der Waals surface area contributed by atoms with Gasteiger partial charge in [0.1, 0.15) is 6.04 Å². The Morgan fingerprint density at radius 1 is 1.26 bits per heavy atom. The highest BCUT2D eigenvalue weighted by atomic mass is 16.2. The van der Waals surface area contributed by atoms with Crippen LogP contribution in [0.25, 0.3) is 10.9 Å². The van der Waals surface area contributed by atoms with E-state index in [4.69, 9.17) is 5.73 Å². The molecule has 2 aromatic rings. The predicted molar refractivity (Wildman–Crippen MR) is 73.6 cm³/mol. The number of nitrogens with one attached hydrogen (secondary N) is 2. The van der Waals surface area contributed by atoms with E-state index in [1.165, 1.54) is 0 Å². The third-order valence-electron chi connectivity index (χ3n) is 3.10. The molecule has 5 nitrogen and oxygen atoms in total. The first kappa shape index (κ1) is 13.1. The van der Waals surface area contributed by atoms with Gasteiger partial charge in [0.15, 0.2) is 0 Å². The van der Waals surface area contributed by atoms with Crippen LogP contribution in [0.2, 0.25) is 0 Å². The summed E-state index contributed by atoms with van der Waals surface area (Å²) >= 11 is 0. The molecule has 0 spiro atoms. The zero-order valence-electron chi connectivity index (χ0n) is 10.9. The van der Waals surface area contributed by atoms with Crippen LogP contribution in [-0.2, 0) is 4.79 Å². The van der Waals surface area contributed by atoms with E-state index < -0.39 is 11.9 Å². The van der Waals surface area contributed by atoms with Crippen molar-refractivity contribution in [3.05, 3.63) is 36.0 Å². The first-order valence-electron chi connectivity index (χ1n) is 6.17. The molecule has 0 aliphatic heterocycles. The number of H-pyrrole nitrogens is 1. The van der Waals surface area contributed by atoms with E-state index in [-0.39, 0.29) is 11.8 Å². The standard InChI is InChI=1S/C14H17N3O2/c1-8(2)12(13(15)18)17-14(19)10-4-3-5-11-9(10)6-7-16-11/h3-8,12,16H,1-2H3,(H2,15,18)(H,17,19). The van der Waals surface area contributed by atoms with Crippen LogP contribution in [0, 0.1) is 5.92 Å². The summed E-state index contributed by atoms with van der Waals surface area (Å²) < 4.78 is 0. The van der Waals surface area contributed by atoms with Crippen molar-refractivity contribution in [1.82, 2.24) is 10.3 Å². The van der Waals surface area contributed by atoms with Gasteiger partial charge in [-0.15, -0.1) is 0 Å². The summed E-state index contributed by atoms with van der Waals surface area (Å²) in [6.45, 7) is 3.68. The fourth-order valence-electron chi connectivity index (χ4n) is 2.07. The van der Waals surface area contributed by atoms with Crippen molar-refractivity contribution >= 4 is 22.7 Å². The fraction of sp³-hybridized carbons (Fsp3) is 0.286. The number of aromatic nitrogens is 1. The fourth-order valence-corrected chi connectivity index (χ4v) is 2.07. The van der Waals surface area contributed by atoms with Gasteiger partial charge in [0.25, 0.3) is 5.91 Å². The van der Waals surface area contributed by atoms with Gasteiger partial charge >= 0.3 is 0 Å². The molecule has 0 bridgehead atoms. The number of aromatic amines is 1. The maximum absolute atomic E-state index is 12.2. The molecule has 2 rings (SSSR count). The van der Waals surface area contributed by atoms with Gasteiger partial charge in [-0.1, -0.05) is 19.9 Å². The molecule has 1 heterocycles. The molecule has 0 saturated heterocycles. The molecule has 19 heavy (non-hydrogen) atoms. The van der Waals surface area contributed by atoms with Gasteiger partial charge in [0.05, 0.1) is 0 Å². The second-order valence-electron chi connectivity index (χ2n) is 4.84. The average molecular weight is 259 g/mol. The molecule has 0 saturated carbocycles. The molecule has 5 heteroatoms. The minimum atomic E-state index is -0.665. The smallest absolute Gasteiger partial charge is 0.252 e. The molecule has 0 aliphatic carbocycles. The second-order valence-corrected chi connectivity index (χ2v) is 4.84. The maximum atomic E-state index is 12.2. The Balaban J connectivity index is 2.29. The minimum absolute atomic E-state index is 0.0492. The number of carbonyl (C=O) groups excluding carboxylic acids is 2. The van der Waals surface area contributed by atoms with Crippen molar-refractivity contribution in [3.8, 4) is 0 Å². The molecular formula is C14H17N3O2. The van der Waals surface area contributed by atoms with E-state index in [9.17, 15) is 9.59 Å². The monoisotopic (exact) mass is 259 g/mol. The number of rotatable bonds is 4. The van der Waals surface area contributed by atoms with Crippen molar-refractivity contribution in [2.75, 3.05) is 0 Å². The van der Waals surface area contributed by atoms with Crippen molar-refractivity contribution in [2.45, 2.75) is 19.9 Å². The normalized spacial score (nSPS) is 12.6. The average Bonchev–Trinajstić information content (AvgIpc) is 2.82. The lowest BCUT2D eigenvalue weighted by Crippen LogP contribution is -2.47. The molecule has 0 radical (unpaired) electrons. The van der Waals surface area contributed by atoms with Gasteiger partial charge in [0, 0.05) is 22.7 Å². The molecule has 0 fully saturated rings. The van der Waals surface area contributed by atoms with Crippen LogP contribution in [-0.4, -0.2) is 22.8 Å². The minimum Gasteiger partial charge on any atom is -0.368 e. The maximum Gasteiger partial charge on any atom is 0.252 e. The summed E-state index contributed by atoms with van der Waals surface area (Å²) in [5, 5.41) is 3.51. The SMILES string of the molecule is CC(C)C(NC(=O)c1cccc2[nH]ccc12)C(N)=O. The molecule has 2 amide bonds. The van der Waals surface area contributed by atoms with Crippen LogP contribution < -0.4 is 11.1 Å². The highest BCUT2D eigenvalue weighted by Crippen LogP contribution is 2.17. The van der Waals surface area contributed by atoms with E-state index in [0.717, 1.165) is 10.9 Å². The molecule has 1 unspecified atom stereocenters. The summed E-state index contributed by atoms with van der Waals surface area (Å²) in [4.78, 5) is 26.6. The van der Waals surface area contributed by atoms with Gasteiger partial charge in [-0.05, 0) is 24.1 Å². The third kappa shape index (κ3) is 2.59. The molecule has 1 aromatic heterocycles. The van der Waals surface area contributed by atoms with Gasteiger partial charge in [0.2, 0.25) is 5.91 Å². The number of primary amides is 1. The van der Waals surface area contributed by atoms with E-state index in [0.29, 0.717) is 5.56 Å². The number of nitrogens with two attached hydrogens (primary N) is 1. The summed E-state index contributed by atoms with van der Waals surface area (Å²) in [5.41, 5.74) is 6.71. The van der Waals surface area contributed by atoms with Gasteiger partial charge in [-0.3, -0.25) is 9.59 Å². The lowest BCUT2D eigenvalue weighted by atomic mass is 10.0. The van der Waals surface area contributed by atoms with Crippen molar-refractivity contribution < 1.29 is 9.59 Å². The highest BCUT2D eigenvalue weighted by molar-refractivity contribution is 6.07. The Morgan fingerprint density at radius 3 is 2.63 bits per heavy atom. The van der Waals surface area contributed by atoms with E-state index in [1.807, 2.05) is 26.0 Å². The number of carbonyl (C=O) groups is 2. The van der Waals surface area contributed by atoms with Crippen LogP contribution in [0.1, 0.15) is 24.2 Å². The van der Waals surface area contributed by atoms with Crippen LogP contribution in [0.5, 0.6) is 0 Å². The summed E-state index contributed by atoms with van der Waals surface area (Å²) in [5.74, 6) is -0.862. The van der Waals surface area contributed by atoms with E-state index in [1.54, 1.807) is 18.3 Å². The zero-order valence-corrected chi connectivity index (χ0v) is 10.9. The number of amides is 2. The van der Waals surface area contributed by atoms with Gasteiger partial charge in [-0.25, -0.2) is 0 Å². The largest absolute Gasteiger partial charge is 0.368 e. The molecular weight excluding hydrogens is 242 g/mol. The first-order chi connectivity index (χ1) is 9.00. The Kier molecular flexibility index (Phi) is 3.55. The van der Waals surface area contributed by atoms with Gasteiger partial charge < -0.3 is 16.0 Å². The summed E-state index contributed by atoms with van der Waals surface area (Å²) in [7, 11) is 0. The number of benzene rings is 1. The van der Waals surface area contributed by atoms with Crippen LogP contribution in [0.4, 0.5) is 0 Å². The second kappa shape index (κ2) is 5.14. The molecule has 100 valence electrons. The predicted octanol–water partition coefficient (Wildman–Crippen LogP) is 1.41. The van der Waals surface area contributed by atoms with Crippen LogP contribution in [0.3, 0.4) is 0 Å². The molecule has 1 atom stereocenters. The van der Waals surface area contributed by atoms with Gasteiger partial charge in [-0.2, -0.15) is 0 Å².